The topological polar surface area (TPSA) is 66.5 Å². The van der Waals surface area contributed by atoms with E-state index < -0.39 is 6.10 Å². The lowest BCUT2D eigenvalue weighted by atomic mass is 10.0. The lowest BCUT2D eigenvalue weighted by Crippen LogP contribution is -2.21. The van der Waals surface area contributed by atoms with Gasteiger partial charge in [0, 0.05) is 6.04 Å². The third-order valence-electron chi connectivity index (χ3n) is 1.96. The lowest BCUT2D eigenvalue weighted by molar-refractivity contribution is 0.0826. The zero-order chi connectivity index (χ0) is 9.68. The van der Waals surface area contributed by atoms with Crippen molar-refractivity contribution >= 4 is 0 Å². The predicted molar refractivity (Wildman–Crippen MR) is 51.1 cm³/mol. The molecule has 0 radical (unpaired) electrons. The van der Waals surface area contributed by atoms with Crippen LogP contribution in [0.4, 0.5) is 0 Å². The molecule has 0 aliphatic carbocycles. The molecule has 0 fully saturated rings. The number of aliphatic hydroxyl groups excluding tert-OH is 2. The minimum absolute atomic E-state index is 0.205. The number of rotatable bonds is 4. The molecule has 0 saturated carbocycles. The Morgan fingerprint density at radius 3 is 2.38 bits per heavy atom. The average Bonchev–Trinajstić information content (AvgIpc) is 2.19. The van der Waals surface area contributed by atoms with Crippen LogP contribution in [0.5, 0.6) is 0 Å². The molecule has 0 aliphatic rings. The molecule has 1 rings (SSSR count). The Morgan fingerprint density at radius 1 is 1.23 bits per heavy atom. The van der Waals surface area contributed by atoms with E-state index in [1.807, 2.05) is 30.3 Å². The monoisotopic (exact) mass is 181 g/mol. The van der Waals surface area contributed by atoms with Crippen LogP contribution < -0.4 is 5.73 Å². The Labute approximate surface area is 77.8 Å². The van der Waals surface area contributed by atoms with Crippen LogP contribution in [0, 0.1) is 0 Å². The predicted octanol–water partition coefficient (Wildman–Crippen LogP) is 0.430. The van der Waals surface area contributed by atoms with Gasteiger partial charge in [-0.3, -0.25) is 0 Å². The number of benzene rings is 1. The molecule has 1 aromatic carbocycles. The minimum Gasteiger partial charge on any atom is -0.394 e. The first-order chi connectivity index (χ1) is 6.24. The summed E-state index contributed by atoms with van der Waals surface area (Å²) in [6, 6.07) is 9.34. The van der Waals surface area contributed by atoms with Gasteiger partial charge in [0.2, 0.25) is 0 Å². The summed E-state index contributed by atoms with van der Waals surface area (Å²) >= 11 is 0. The standard InChI is InChI=1S/C10H15NO2/c11-10(6-9(13)7-12)8-4-2-1-3-5-8/h1-5,9-10,12-13H,6-7,11H2/t9?,10-/m1/s1. The van der Waals surface area contributed by atoms with Crippen molar-refractivity contribution in [1.82, 2.24) is 0 Å². The molecule has 3 nitrogen and oxygen atoms in total. The molecule has 0 spiro atoms. The number of aliphatic hydroxyl groups is 2. The second kappa shape index (κ2) is 4.97. The summed E-state index contributed by atoms with van der Waals surface area (Å²) in [6.45, 7) is -0.236. The third kappa shape index (κ3) is 3.14. The fraction of sp³-hybridized carbons (Fsp3) is 0.400. The van der Waals surface area contributed by atoms with Crippen molar-refractivity contribution in [2.75, 3.05) is 6.61 Å². The van der Waals surface area contributed by atoms with E-state index in [9.17, 15) is 0 Å². The van der Waals surface area contributed by atoms with Gasteiger partial charge < -0.3 is 15.9 Å². The zero-order valence-corrected chi connectivity index (χ0v) is 7.43. The van der Waals surface area contributed by atoms with E-state index in [1.165, 1.54) is 0 Å². The van der Waals surface area contributed by atoms with Gasteiger partial charge in [-0.05, 0) is 12.0 Å². The molecule has 4 N–H and O–H groups in total. The summed E-state index contributed by atoms with van der Waals surface area (Å²) in [5.74, 6) is 0. The Balaban J connectivity index is 2.53. The van der Waals surface area contributed by atoms with Gasteiger partial charge in [0.25, 0.3) is 0 Å². The van der Waals surface area contributed by atoms with Crippen LogP contribution in [-0.2, 0) is 0 Å². The van der Waals surface area contributed by atoms with Crippen molar-refractivity contribution in [3.05, 3.63) is 35.9 Å². The smallest absolute Gasteiger partial charge is 0.0789 e. The van der Waals surface area contributed by atoms with Crippen molar-refractivity contribution in [2.45, 2.75) is 18.6 Å². The van der Waals surface area contributed by atoms with Crippen molar-refractivity contribution in [2.24, 2.45) is 5.73 Å². The maximum absolute atomic E-state index is 9.16. The van der Waals surface area contributed by atoms with Gasteiger partial charge in [-0.15, -0.1) is 0 Å². The third-order valence-corrected chi connectivity index (χ3v) is 1.96. The second-order valence-corrected chi connectivity index (χ2v) is 3.09. The highest BCUT2D eigenvalue weighted by Crippen LogP contribution is 2.14. The van der Waals surface area contributed by atoms with E-state index >= 15 is 0 Å². The van der Waals surface area contributed by atoms with Gasteiger partial charge in [0.05, 0.1) is 12.7 Å². The summed E-state index contributed by atoms with van der Waals surface area (Å²) in [7, 11) is 0. The molecular formula is C10H15NO2. The van der Waals surface area contributed by atoms with Gasteiger partial charge in [0.15, 0.2) is 0 Å². The van der Waals surface area contributed by atoms with Gasteiger partial charge >= 0.3 is 0 Å². The Kier molecular flexibility index (Phi) is 3.89. The van der Waals surface area contributed by atoms with E-state index in [2.05, 4.69) is 0 Å². The highest BCUT2D eigenvalue weighted by atomic mass is 16.3. The summed E-state index contributed by atoms with van der Waals surface area (Å²) in [5, 5.41) is 17.8. The van der Waals surface area contributed by atoms with E-state index in [4.69, 9.17) is 15.9 Å². The molecule has 3 heteroatoms. The SMILES string of the molecule is N[C@H](CC(O)CO)c1ccccc1. The van der Waals surface area contributed by atoms with E-state index in [1.54, 1.807) is 0 Å². The maximum Gasteiger partial charge on any atom is 0.0789 e. The van der Waals surface area contributed by atoms with E-state index in [0.29, 0.717) is 6.42 Å². The van der Waals surface area contributed by atoms with Crippen molar-refractivity contribution in [3.8, 4) is 0 Å². The van der Waals surface area contributed by atoms with Gasteiger partial charge in [-0.1, -0.05) is 30.3 Å². The molecule has 0 bridgehead atoms. The highest BCUT2D eigenvalue weighted by Gasteiger charge is 2.10. The molecule has 0 saturated heterocycles. The minimum atomic E-state index is -0.727. The molecule has 1 aromatic rings. The first kappa shape index (κ1) is 10.2. The number of hydrogen-bond acceptors (Lipinski definition) is 3. The maximum atomic E-state index is 9.16. The molecule has 0 aromatic heterocycles. The molecule has 0 aliphatic heterocycles. The van der Waals surface area contributed by atoms with E-state index in [-0.39, 0.29) is 12.6 Å². The molecule has 13 heavy (non-hydrogen) atoms. The van der Waals surface area contributed by atoms with Crippen LogP contribution in [-0.4, -0.2) is 22.9 Å². The Morgan fingerprint density at radius 2 is 1.85 bits per heavy atom. The van der Waals surface area contributed by atoms with Gasteiger partial charge in [-0.25, -0.2) is 0 Å². The van der Waals surface area contributed by atoms with Crippen molar-refractivity contribution in [3.63, 3.8) is 0 Å². The highest BCUT2D eigenvalue weighted by molar-refractivity contribution is 5.18. The summed E-state index contributed by atoms with van der Waals surface area (Å²) < 4.78 is 0. The largest absolute Gasteiger partial charge is 0.394 e. The number of nitrogens with two attached hydrogens (primary N) is 1. The van der Waals surface area contributed by atoms with Crippen molar-refractivity contribution in [1.29, 1.82) is 0 Å². The van der Waals surface area contributed by atoms with Crippen LogP contribution in [0.15, 0.2) is 30.3 Å². The van der Waals surface area contributed by atoms with E-state index in [0.717, 1.165) is 5.56 Å². The van der Waals surface area contributed by atoms with Crippen LogP contribution in [0.2, 0.25) is 0 Å². The summed E-state index contributed by atoms with van der Waals surface area (Å²) in [5.41, 5.74) is 6.78. The van der Waals surface area contributed by atoms with Crippen LogP contribution in [0.1, 0.15) is 18.0 Å². The molecule has 0 heterocycles. The normalized spacial score (nSPS) is 15.3. The Bertz CT molecular complexity index is 238. The van der Waals surface area contributed by atoms with Crippen LogP contribution >= 0.6 is 0 Å². The summed E-state index contributed by atoms with van der Waals surface area (Å²) in [6.07, 6.45) is -0.337. The first-order valence-corrected chi connectivity index (χ1v) is 4.33. The fourth-order valence-electron chi connectivity index (χ4n) is 1.20. The molecule has 0 amide bonds. The molecule has 2 atom stereocenters. The zero-order valence-electron chi connectivity index (χ0n) is 7.43. The van der Waals surface area contributed by atoms with Gasteiger partial charge in [0.1, 0.15) is 0 Å². The lowest BCUT2D eigenvalue weighted by Gasteiger charge is -2.14. The second-order valence-electron chi connectivity index (χ2n) is 3.09. The Hall–Kier alpha value is -0.900. The first-order valence-electron chi connectivity index (χ1n) is 4.33. The quantitative estimate of drug-likeness (QED) is 0.631. The number of hydrogen-bond donors (Lipinski definition) is 3. The van der Waals surface area contributed by atoms with Crippen LogP contribution in [0.25, 0.3) is 0 Å². The molecule has 1 unspecified atom stereocenters. The van der Waals surface area contributed by atoms with Crippen LogP contribution in [0.3, 0.4) is 0 Å². The fourth-order valence-corrected chi connectivity index (χ4v) is 1.20. The molecule has 72 valence electrons. The summed E-state index contributed by atoms with van der Waals surface area (Å²) in [4.78, 5) is 0. The van der Waals surface area contributed by atoms with Crippen molar-refractivity contribution < 1.29 is 10.2 Å². The average molecular weight is 181 g/mol. The molecular weight excluding hydrogens is 166 g/mol. The van der Waals surface area contributed by atoms with Gasteiger partial charge in [-0.2, -0.15) is 0 Å².